The molecule has 0 amide bonds. The van der Waals surface area contributed by atoms with E-state index >= 15 is 0 Å². The topological polar surface area (TPSA) is 20.2 Å². The van der Waals surface area contributed by atoms with Crippen LogP contribution in [0.1, 0.15) is 100 Å². The molecule has 1 nitrogen and oxygen atoms in total. The average molecular weight is 491 g/mol. The van der Waals surface area contributed by atoms with Crippen LogP contribution in [0.2, 0.25) is 0 Å². The average Bonchev–Trinajstić information content (AvgIpc) is 2.85. The van der Waals surface area contributed by atoms with Gasteiger partial charge in [0.2, 0.25) is 0 Å². The minimum atomic E-state index is -0.532. The van der Waals surface area contributed by atoms with Gasteiger partial charge in [-0.25, -0.2) is 0 Å². The van der Waals surface area contributed by atoms with E-state index in [1.54, 1.807) is 12.1 Å². The van der Waals surface area contributed by atoms with E-state index < -0.39 is 5.41 Å². The molecular formula is C36H42O. The highest BCUT2D eigenvalue weighted by molar-refractivity contribution is 5.61. The summed E-state index contributed by atoms with van der Waals surface area (Å²) in [6.07, 6.45) is 0. The Balaban J connectivity index is 2.06. The smallest absolute Gasteiger partial charge is 0.115 e. The normalized spacial score (nSPS) is 12.7. The molecule has 37 heavy (non-hydrogen) atoms. The van der Waals surface area contributed by atoms with E-state index in [1.807, 2.05) is 0 Å². The zero-order chi connectivity index (χ0) is 27.0. The second kappa shape index (κ2) is 9.86. The van der Waals surface area contributed by atoms with Crippen molar-refractivity contribution in [3.05, 3.63) is 136 Å². The maximum atomic E-state index is 10.2. The van der Waals surface area contributed by atoms with Gasteiger partial charge in [-0.3, -0.25) is 0 Å². The molecule has 0 heterocycles. The molecule has 0 aliphatic rings. The summed E-state index contributed by atoms with van der Waals surface area (Å²) in [7, 11) is 0. The second-order valence-electron chi connectivity index (χ2n) is 12.7. The lowest BCUT2D eigenvalue weighted by atomic mass is 9.64. The highest BCUT2D eigenvalue weighted by Gasteiger charge is 2.39. The van der Waals surface area contributed by atoms with Crippen LogP contribution in [-0.2, 0) is 16.2 Å². The fourth-order valence-electron chi connectivity index (χ4n) is 5.27. The Morgan fingerprint density at radius 1 is 0.432 bits per heavy atom. The molecular weight excluding hydrogens is 448 g/mol. The fourth-order valence-corrected chi connectivity index (χ4v) is 5.27. The molecule has 4 aromatic rings. The second-order valence-corrected chi connectivity index (χ2v) is 12.7. The van der Waals surface area contributed by atoms with E-state index in [2.05, 4.69) is 140 Å². The first-order chi connectivity index (χ1) is 17.3. The summed E-state index contributed by atoms with van der Waals surface area (Å²) in [6.45, 7) is 18.0. The SMILES string of the molecule is CC(C)c1ccc(C(c2ccc(O)cc2)(c2ccc(C(C)(C)C)cc2)c2ccc(C(C)(C)C)cc2)cc1. The van der Waals surface area contributed by atoms with Crippen molar-refractivity contribution >= 4 is 0 Å². The first-order valence-electron chi connectivity index (χ1n) is 13.5. The van der Waals surface area contributed by atoms with Crippen LogP contribution in [0.5, 0.6) is 5.75 Å². The van der Waals surface area contributed by atoms with Crippen LogP contribution in [-0.4, -0.2) is 5.11 Å². The lowest BCUT2D eigenvalue weighted by Gasteiger charge is -2.38. The molecule has 0 saturated heterocycles. The van der Waals surface area contributed by atoms with E-state index in [0.717, 1.165) is 5.56 Å². The largest absolute Gasteiger partial charge is 0.508 e. The molecule has 0 aliphatic carbocycles. The molecule has 1 N–H and O–H groups in total. The van der Waals surface area contributed by atoms with E-state index in [0.29, 0.717) is 5.92 Å². The van der Waals surface area contributed by atoms with E-state index in [-0.39, 0.29) is 16.6 Å². The van der Waals surface area contributed by atoms with E-state index in [4.69, 9.17) is 0 Å². The lowest BCUT2D eigenvalue weighted by Crippen LogP contribution is -2.31. The molecule has 0 fully saturated rings. The minimum Gasteiger partial charge on any atom is -0.508 e. The van der Waals surface area contributed by atoms with Crippen LogP contribution in [0, 0.1) is 0 Å². The summed E-state index contributed by atoms with van der Waals surface area (Å²) >= 11 is 0. The predicted octanol–water partition coefficient (Wildman–Crippen LogP) is 9.49. The highest BCUT2D eigenvalue weighted by atomic mass is 16.3. The zero-order valence-corrected chi connectivity index (χ0v) is 23.8. The van der Waals surface area contributed by atoms with Gasteiger partial charge in [0.15, 0.2) is 0 Å². The van der Waals surface area contributed by atoms with Crippen LogP contribution in [0.25, 0.3) is 0 Å². The van der Waals surface area contributed by atoms with Crippen LogP contribution >= 0.6 is 0 Å². The van der Waals surface area contributed by atoms with E-state index in [9.17, 15) is 5.11 Å². The molecule has 0 saturated carbocycles. The third-order valence-corrected chi connectivity index (χ3v) is 7.68. The molecule has 192 valence electrons. The Labute approximate surface area is 224 Å². The number of phenols is 1. The maximum Gasteiger partial charge on any atom is 0.115 e. The first-order valence-corrected chi connectivity index (χ1v) is 13.5. The van der Waals surface area contributed by atoms with Gasteiger partial charge < -0.3 is 5.11 Å². The number of rotatable bonds is 5. The molecule has 0 aromatic heterocycles. The Bertz CT molecular complexity index is 1250. The van der Waals surface area contributed by atoms with Crippen molar-refractivity contribution in [2.75, 3.05) is 0 Å². The first kappa shape index (κ1) is 26.7. The monoisotopic (exact) mass is 490 g/mol. The molecule has 0 radical (unpaired) electrons. The zero-order valence-electron chi connectivity index (χ0n) is 23.8. The van der Waals surface area contributed by atoms with Gasteiger partial charge in [0, 0.05) is 0 Å². The predicted molar refractivity (Wildman–Crippen MR) is 158 cm³/mol. The Kier molecular flexibility index (Phi) is 7.12. The van der Waals surface area contributed by atoms with Gasteiger partial charge in [-0.2, -0.15) is 0 Å². The summed E-state index contributed by atoms with van der Waals surface area (Å²) in [6, 6.07) is 35.1. The van der Waals surface area contributed by atoms with Gasteiger partial charge in [-0.05, 0) is 67.8 Å². The van der Waals surface area contributed by atoms with Crippen molar-refractivity contribution in [2.24, 2.45) is 0 Å². The van der Waals surface area contributed by atoms with Crippen molar-refractivity contribution < 1.29 is 5.11 Å². The number of hydrogen-bond acceptors (Lipinski definition) is 1. The number of phenolic OH excluding ortho intramolecular Hbond substituents is 1. The van der Waals surface area contributed by atoms with Crippen LogP contribution in [0.4, 0.5) is 0 Å². The van der Waals surface area contributed by atoms with Crippen LogP contribution in [0.3, 0.4) is 0 Å². The van der Waals surface area contributed by atoms with Crippen molar-refractivity contribution in [1.29, 1.82) is 0 Å². The van der Waals surface area contributed by atoms with Crippen molar-refractivity contribution in [1.82, 2.24) is 0 Å². The fraction of sp³-hybridized carbons (Fsp3) is 0.333. The van der Waals surface area contributed by atoms with Gasteiger partial charge in [-0.15, -0.1) is 0 Å². The number of hydrogen-bond donors (Lipinski definition) is 1. The highest BCUT2D eigenvalue weighted by Crippen LogP contribution is 2.46. The summed E-state index contributed by atoms with van der Waals surface area (Å²) in [4.78, 5) is 0. The molecule has 4 aromatic carbocycles. The molecule has 0 spiro atoms. The molecule has 0 bridgehead atoms. The third kappa shape index (κ3) is 5.23. The standard InChI is InChI=1S/C36H42O/c1-25(2)26-9-11-29(12-10-26)36(32-21-23-33(37)24-22-32,30-17-13-27(14-18-30)34(3,4)5)31-19-15-28(16-20-31)35(6,7)8/h9-25,37H,1-8H3. The molecule has 0 unspecified atom stereocenters. The van der Waals surface area contributed by atoms with Crippen molar-refractivity contribution in [3.63, 3.8) is 0 Å². The van der Waals surface area contributed by atoms with Crippen molar-refractivity contribution in [3.8, 4) is 5.75 Å². The third-order valence-electron chi connectivity index (χ3n) is 7.68. The number of benzene rings is 4. The molecule has 0 aliphatic heterocycles. The lowest BCUT2D eigenvalue weighted by molar-refractivity contribution is 0.474. The van der Waals surface area contributed by atoms with Gasteiger partial charge in [0.1, 0.15) is 5.75 Å². The Morgan fingerprint density at radius 3 is 1.00 bits per heavy atom. The van der Waals surface area contributed by atoms with E-state index in [1.165, 1.54) is 33.4 Å². The summed E-state index contributed by atoms with van der Waals surface area (Å²) in [5, 5.41) is 10.2. The maximum absolute atomic E-state index is 10.2. The van der Waals surface area contributed by atoms with Gasteiger partial charge in [-0.1, -0.05) is 140 Å². The summed E-state index contributed by atoms with van der Waals surface area (Å²) in [5.41, 5.74) is 8.36. The summed E-state index contributed by atoms with van der Waals surface area (Å²) < 4.78 is 0. The molecule has 4 rings (SSSR count). The van der Waals surface area contributed by atoms with Gasteiger partial charge >= 0.3 is 0 Å². The summed E-state index contributed by atoms with van der Waals surface area (Å²) in [5.74, 6) is 0.744. The number of aromatic hydroxyl groups is 1. The molecule has 1 heteroatoms. The van der Waals surface area contributed by atoms with Crippen molar-refractivity contribution in [2.45, 2.75) is 77.6 Å². The minimum absolute atomic E-state index is 0.0764. The Morgan fingerprint density at radius 2 is 0.703 bits per heavy atom. The van der Waals surface area contributed by atoms with Gasteiger partial charge in [0.05, 0.1) is 5.41 Å². The quantitative estimate of drug-likeness (QED) is 0.276. The van der Waals surface area contributed by atoms with Crippen LogP contribution in [0.15, 0.2) is 97.1 Å². The van der Waals surface area contributed by atoms with Crippen LogP contribution < -0.4 is 0 Å². The van der Waals surface area contributed by atoms with Gasteiger partial charge in [0.25, 0.3) is 0 Å². The molecule has 0 atom stereocenters. The Hall–Kier alpha value is -3.32.